The Balaban J connectivity index is 1.71. The SMILES string of the molecule is Cn1ccc(CNC(=O)CCc2cccs2)c1. The zero-order valence-corrected chi connectivity index (χ0v) is 10.7. The predicted molar refractivity (Wildman–Crippen MR) is 69.9 cm³/mol. The van der Waals surface area contributed by atoms with Crippen molar-refractivity contribution in [2.24, 2.45) is 7.05 Å². The highest BCUT2D eigenvalue weighted by Crippen LogP contribution is 2.10. The lowest BCUT2D eigenvalue weighted by Crippen LogP contribution is -2.22. The van der Waals surface area contributed by atoms with Gasteiger partial charge < -0.3 is 9.88 Å². The van der Waals surface area contributed by atoms with Gasteiger partial charge in [0.15, 0.2) is 0 Å². The highest BCUT2D eigenvalue weighted by Gasteiger charge is 2.03. The Bertz CT molecular complexity index is 473. The number of nitrogens with zero attached hydrogens (tertiary/aromatic N) is 1. The van der Waals surface area contributed by atoms with Gasteiger partial charge >= 0.3 is 0 Å². The van der Waals surface area contributed by atoms with Crippen molar-refractivity contribution in [3.8, 4) is 0 Å². The largest absolute Gasteiger partial charge is 0.357 e. The van der Waals surface area contributed by atoms with E-state index in [1.54, 1.807) is 11.3 Å². The molecule has 2 rings (SSSR count). The van der Waals surface area contributed by atoms with Crippen molar-refractivity contribution in [2.45, 2.75) is 19.4 Å². The minimum atomic E-state index is 0.113. The van der Waals surface area contributed by atoms with E-state index >= 15 is 0 Å². The molecule has 0 bridgehead atoms. The molecule has 0 spiro atoms. The molecule has 2 aromatic rings. The van der Waals surface area contributed by atoms with Gasteiger partial charge in [-0.15, -0.1) is 11.3 Å². The predicted octanol–water partition coefficient (Wildman–Crippen LogP) is 2.34. The molecule has 0 aromatic carbocycles. The van der Waals surface area contributed by atoms with Crippen molar-refractivity contribution in [1.29, 1.82) is 0 Å². The summed E-state index contributed by atoms with van der Waals surface area (Å²) in [5.74, 6) is 0.113. The zero-order valence-electron chi connectivity index (χ0n) is 9.85. The fourth-order valence-electron chi connectivity index (χ4n) is 1.65. The van der Waals surface area contributed by atoms with E-state index in [4.69, 9.17) is 0 Å². The van der Waals surface area contributed by atoms with E-state index < -0.39 is 0 Å². The second-order valence-corrected chi connectivity index (χ2v) is 5.07. The summed E-state index contributed by atoms with van der Waals surface area (Å²) in [4.78, 5) is 12.9. The van der Waals surface area contributed by atoms with Gasteiger partial charge in [-0.3, -0.25) is 4.79 Å². The number of carbonyl (C=O) groups is 1. The molecular formula is C13H16N2OS. The van der Waals surface area contributed by atoms with E-state index in [-0.39, 0.29) is 5.91 Å². The molecule has 0 radical (unpaired) electrons. The lowest BCUT2D eigenvalue weighted by atomic mass is 10.2. The van der Waals surface area contributed by atoms with Crippen molar-refractivity contribution < 1.29 is 4.79 Å². The lowest BCUT2D eigenvalue weighted by Gasteiger charge is -2.02. The topological polar surface area (TPSA) is 34.0 Å². The maximum Gasteiger partial charge on any atom is 0.220 e. The Hall–Kier alpha value is -1.55. The molecular weight excluding hydrogens is 232 g/mol. The summed E-state index contributed by atoms with van der Waals surface area (Å²) in [5, 5.41) is 4.97. The number of thiophene rings is 1. The van der Waals surface area contributed by atoms with Gasteiger partial charge in [0, 0.05) is 37.3 Å². The summed E-state index contributed by atoms with van der Waals surface area (Å²) >= 11 is 1.70. The number of carbonyl (C=O) groups excluding carboxylic acids is 1. The molecule has 0 aliphatic heterocycles. The first-order valence-electron chi connectivity index (χ1n) is 5.64. The van der Waals surface area contributed by atoms with E-state index in [0.29, 0.717) is 13.0 Å². The average molecular weight is 248 g/mol. The molecule has 3 nitrogen and oxygen atoms in total. The third-order valence-electron chi connectivity index (χ3n) is 2.56. The Kier molecular flexibility index (Phi) is 3.98. The van der Waals surface area contributed by atoms with E-state index in [1.165, 1.54) is 4.88 Å². The molecule has 0 aliphatic carbocycles. The summed E-state index contributed by atoms with van der Waals surface area (Å²) in [6.07, 6.45) is 5.39. The first-order chi connectivity index (χ1) is 8.24. The molecule has 2 aromatic heterocycles. The number of rotatable bonds is 5. The van der Waals surface area contributed by atoms with Gasteiger partial charge in [0.05, 0.1) is 0 Å². The Morgan fingerprint density at radius 1 is 1.47 bits per heavy atom. The quantitative estimate of drug-likeness (QED) is 0.866. The fraction of sp³-hybridized carbons (Fsp3) is 0.308. The average Bonchev–Trinajstić information content (AvgIpc) is 2.95. The number of aromatic nitrogens is 1. The minimum absolute atomic E-state index is 0.113. The maximum absolute atomic E-state index is 11.6. The van der Waals surface area contributed by atoms with Gasteiger partial charge in [-0.1, -0.05) is 6.07 Å². The van der Waals surface area contributed by atoms with Crippen LogP contribution in [0.25, 0.3) is 0 Å². The standard InChI is InChI=1S/C13H16N2OS/c1-15-7-6-11(10-15)9-14-13(16)5-4-12-3-2-8-17-12/h2-3,6-8,10H,4-5,9H2,1H3,(H,14,16). The van der Waals surface area contributed by atoms with Crippen LogP contribution in [0.15, 0.2) is 36.0 Å². The van der Waals surface area contributed by atoms with Crippen LogP contribution in [0.4, 0.5) is 0 Å². The molecule has 0 saturated carbocycles. The van der Waals surface area contributed by atoms with E-state index in [0.717, 1.165) is 12.0 Å². The van der Waals surface area contributed by atoms with Gasteiger partial charge in [0.2, 0.25) is 5.91 Å². The maximum atomic E-state index is 11.6. The normalized spacial score (nSPS) is 10.4. The van der Waals surface area contributed by atoms with Crippen LogP contribution in [0, 0.1) is 0 Å². The van der Waals surface area contributed by atoms with Crippen LogP contribution in [0.3, 0.4) is 0 Å². The van der Waals surface area contributed by atoms with Crippen LogP contribution in [-0.4, -0.2) is 10.5 Å². The van der Waals surface area contributed by atoms with Crippen LogP contribution >= 0.6 is 11.3 Å². The summed E-state index contributed by atoms with van der Waals surface area (Å²) < 4.78 is 1.98. The number of nitrogens with one attached hydrogen (secondary N) is 1. The minimum Gasteiger partial charge on any atom is -0.357 e. The van der Waals surface area contributed by atoms with Gasteiger partial charge in [0.25, 0.3) is 0 Å². The van der Waals surface area contributed by atoms with Crippen molar-refractivity contribution in [3.63, 3.8) is 0 Å². The summed E-state index contributed by atoms with van der Waals surface area (Å²) in [6, 6.07) is 6.09. The van der Waals surface area contributed by atoms with Gasteiger partial charge in [-0.25, -0.2) is 0 Å². The van der Waals surface area contributed by atoms with Crippen LogP contribution in [-0.2, 0) is 24.8 Å². The number of amides is 1. The van der Waals surface area contributed by atoms with Crippen molar-refractivity contribution in [1.82, 2.24) is 9.88 Å². The highest BCUT2D eigenvalue weighted by atomic mass is 32.1. The Morgan fingerprint density at radius 3 is 3.00 bits per heavy atom. The first-order valence-corrected chi connectivity index (χ1v) is 6.52. The molecule has 0 aliphatic rings. The smallest absolute Gasteiger partial charge is 0.220 e. The first kappa shape index (κ1) is 11.9. The van der Waals surface area contributed by atoms with Gasteiger partial charge in [0.1, 0.15) is 0 Å². The van der Waals surface area contributed by atoms with Crippen molar-refractivity contribution in [3.05, 3.63) is 46.4 Å². The van der Waals surface area contributed by atoms with Crippen molar-refractivity contribution in [2.75, 3.05) is 0 Å². The number of aryl methyl sites for hydroxylation is 2. The third kappa shape index (κ3) is 3.75. The molecule has 2 heterocycles. The van der Waals surface area contributed by atoms with E-state index in [1.807, 2.05) is 41.5 Å². The van der Waals surface area contributed by atoms with Crippen LogP contribution < -0.4 is 5.32 Å². The van der Waals surface area contributed by atoms with Gasteiger partial charge in [-0.05, 0) is 29.5 Å². The third-order valence-corrected chi connectivity index (χ3v) is 3.50. The molecule has 0 atom stereocenters. The molecule has 90 valence electrons. The molecule has 17 heavy (non-hydrogen) atoms. The van der Waals surface area contributed by atoms with Crippen LogP contribution in [0.2, 0.25) is 0 Å². The zero-order chi connectivity index (χ0) is 12.1. The van der Waals surface area contributed by atoms with Crippen LogP contribution in [0.5, 0.6) is 0 Å². The Morgan fingerprint density at radius 2 is 2.35 bits per heavy atom. The van der Waals surface area contributed by atoms with Crippen LogP contribution in [0.1, 0.15) is 16.9 Å². The summed E-state index contributed by atoms with van der Waals surface area (Å²) in [7, 11) is 1.97. The Labute approximate surface area is 105 Å². The highest BCUT2D eigenvalue weighted by molar-refractivity contribution is 7.09. The lowest BCUT2D eigenvalue weighted by molar-refractivity contribution is -0.121. The number of hydrogen-bond acceptors (Lipinski definition) is 2. The second kappa shape index (κ2) is 5.68. The number of hydrogen-bond donors (Lipinski definition) is 1. The molecule has 0 saturated heterocycles. The summed E-state index contributed by atoms with van der Waals surface area (Å²) in [6.45, 7) is 0.615. The van der Waals surface area contributed by atoms with Gasteiger partial charge in [-0.2, -0.15) is 0 Å². The molecule has 1 N–H and O–H groups in total. The molecule has 0 fully saturated rings. The summed E-state index contributed by atoms with van der Waals surface area (Å²) in [5.41, 5.74) is 1.14. The fourth-order valence-corrected chi connectivity index (χ4v) is 2.36. The molecule has 4 heteroatoms. The second-order valence-electron chi connectivity index (χ2n) is 4.04. The van der Waals surface area contributed by atoms with E-state index in [2.05, 4.69) is 11.4 Å². The van der Waals surface area contributed by atoms with Crippen molar-refractivity contribution >= 4 is 17.2 Å². The molecule has 0 unspecified atom stereocenters. The molecule has 1 amide bonds. The van der Waals surface area contributed by atoms with E-state index in [9.17, 15) is 4.79 Å². The monoisotopic (exact) mass is 248 g/mol.